The normalized spacial score (nSPS) is 10.7. The minimum Gasteiger partial charge on any atom is -0.296 e. The van der Waals surface area contributed by atoms with Crippen molar-refractivity contribution in [1.82, 2.24) is 14.3 Å². The molecule has 0 atom stereocenters. The molecule has 26 heavy (non-hydrogen) atoms. The van der Waals surface area contributed by atoms with E-state index in [1.165, 1.54) is 12.3 Å². The summed E-state index contributed by atoms with van der Waals surface area (Å²) < 4.78 is 18.1. The van der Waals surface area contributed by atoms with Crippen LogP contribution in [0.1, 0.15) is 9.67 Å². The fraction of sp³-hybridized carbons (Fsp3) is 0. The molecule has 2 heterocycles. The zero-order chi connectivity index (χ0) is 17.9. The van der Waals surface area contributed by atoms with E-state index in [2.05, 4.69) is 19.7 Å². The summed E-state index contributed by atoms with van der Waals surface area (Å²) in [6.45, 7) is 0. The van der Waals surface area contributed by atoms with Crippen LogP contribution in [-0.4, -0.2) is 20.2 Å². The minimum absolute atomic E-state index is 0.346. The van der Waals surface area contributed by atoms with Gasteiger partial charge in [0.2, 0.25) is 5.13 Å². The van der Waals surface area contributed by atoms with E-state index >= 15 is 0 Å². The molecular weight excluding hydrogens is 371 g/mol. The Hall–Kier alpha value is -2.97. The molecule has 0 bridgehead atoms. The van der Waals surface area contributed by atoms with Crippen molar-refractivity contribution in [2.45, 2.75) is 0 Å². The molecule has 0 aliphatic carbocycles. The van der Waals surface area contributed by atoms with Gasteiger partial charge in [0.25, 0.3) is 5.91 Å². The average Bonchev–Trinajstić information content (AvgIpc) is 3.33. The Bertz CT molecular complexity index is 1060. The van der Waals surface area contributed by atoms with E-state index in [9.17, 15) is 9.18 Å². The smallest absolute Gasteiger partial charge is 0.269 e. The lowest BCUT2D eigenvalue weighted by atomic mass is 10.2. The lowest BCUT2D eigenvalue weighted by molar-refractivity contribution is 0.103. The molecule has 0 spiro atoms. The van der Waals surface area contributed by atoms with Crippen molar-refractivity contribution >= 4 is 33.9 Å². The zero-order valence-electron chi connectivity index (χ0n) is 13.2. The maximum absolute atomic E-state index is 13.8. The SMILES string of the molecule is O=C(Nc1nc(-c2ccccc2)ns1)c1cnc(-c2ccccc2F)s1. The summed E-state index contributed by atoms with van der Waals surface area (Å²) in [6.07, 6.45) is 1.43. The highest BCUT2D eigenvalue weighted by Gasteiger charge is 2.16. The van der Waals surface area contributed by atoms with E-state index < -0.39 is 0 Å². The standard InChI is InChI=1S/C18H11FN4OS2/c19-13-9-5-4-8-12(13)17-20-10-14(25-17)16(24)22-18-21-15(23-26-18)11-6-2-1-3-7-11/h1-10H,(H,21,22,23,24). The third-order valence-electron chi connectivity index (χ3n) is 3.51. The second-order valence-corrected chi connectivity index (χ2v) is 7.04. The highest BCUT2D eigenvalue weighted by Crippen LogP contribution is 2.28. The molecule has 4 rings (SSSR count). The molecule has 5 nitrogen and oxygen atoms in total. The van der Waals surface area contributed by atoms with Gasteiger partial charge >= 0.3 is 0 Å². The molecule has 0 aliphatic rings. The summed E-state index contributed by atoms with van der Waals surface area (Å²) >= 11 is 2.23. The highest BCUT2D eigenvalue weighted by atomic mass is 32.1. The van der Waals surface area contributed by atoms with E-state index in [0.717, 1.165) is 28.4 Å². The molecule has 2 aromatic carbocycles. The van der Waals surface area contributed by atoms with Crippen LogP contribution in [0.5, 0.6) is 0 Å². The number of carbonyl (C=O) groups is 1. The molecule has 0 unspecified atom stereocenters. The van der Waals surface area contributed by atoms with Crippen molar-refractivity contribution in [2.75, 3.05) is 5.32 Å². The highest BCUT2D eigenvalue weighted by molar-refractivity contribution is 7.17. The number of nitrogens with one attached hydrogen (secondary N) is 1. The Balaban J connectivity index is 1.51. The maximum atomic E-state index is 13.8. The number of hydrogen-bond donors (Lipinski definition) is 1. The van der Waals surface area contributed by atoms with Gasteiger partial charge < -0.3 is 0 Å². The summed E-state index contributed by atoms with van der Waals surface area (Å²) in [5.74, 6) is -0.159. The summed E-state index contributed by atoms with van der Waals surface area (Å²) in [4.78, 5) is 21.2. The molecule has 1 amide bonds. The second-order valence-electron chi connectivity index (χ2n) is 5.25. The van der Waals surface area contributed by atoms with Gasteiger partial charge in [-0.05, 0) is 12.1 Å². The van der Waals surface area contributed by atoms with Crippen LogP contribution in [0, 0.1) is 5.82 Å². The maximum Gasteiger partial charge on any atom is 0.269 e. The Kier molecular flexibility index (Phi) is 4.51. The third-order valence-corrected chi connectivity index (χ3v) is 5.17. The number of amides is 1. The van der Waals surface area contributed by atoms with Gasteiger partial charge in [-0.1, -0.05) is 42.5 Å². The van der Waals surface area contributed by atoms with E-state index in [1.807, 2.05) is 30.3 Å². The fourth-order valence-electron chi connectivity index (χ4n) is 2.28. The van der Waals surface area contributed by atoms with Crippen molar-refractivity contribution in [3.63, 3.8) is 0 Å². The van der Waals surface area contributed by atoms with Crippen LogP contribution in [0.15, 0.2) is 60.8 Å². The average molecular weight is 382 g/mol. The van der Waals surface area contributed by atoms with E-state index in [-0.39, 0.29) is 11.7 Å². The van der Waals surface area contributed by atoms with Gasteiger partial charge in [0.05, 0.1) is 6.20 Å². The van der Waals surface area contributed by atoms with Crippen LogP contribution in [-0.2, 0) is 0 Å². The molecule has 8 heteroatoms. The molecule has 128 valence electrons. The van der Waals surface area contributed by atoms with E-state index in [1.54, 1.807) is 18.2 Å². The first-order chi connectivity index (χ1) is 12.7. The molecule has 2 aromatic heterocycles. The first kappa shape index (κ1) is 16.5. The molecule has 0 aliphatic heterocycles. The number of rotatable bonds is 4. The number of benzene rings is 2. The number of hydrogen-bond acceptors (Lipinski definition) is 6. The number of nitrogens with zero attached hydrogens (tertiary/aromatic N) is 3. The van der Waals surface area contributed by atoms with Crippen molar-refractivity contribution in [1.29, 1.82) is 0 Å². The molecule has 1 N–H and O–H groups in total. The van der Waals surface area contributed by atoms with Gasteiger partial charge in [0.1, 0.15) is 15.7 Å². The zero-order valence-corrected chi connectivity index (χ0v) is 14.9. The van der Waals surface area contributed by atoms with E-state index in [0.29, 0.717) is 26.4 Å². The minimum atomic E-state index is -0.370. The molecular formula is C18H11FN4OS2. The summed E-state index contributed by atoms with van der Waals surface area (Å²) in [6, 6.07) is 15.8. The van der Waals surface area contributed by atoms with Crippen LogP contribution in [0.4, 0.5) is 9.52 Å². The quantitative estimate of drug-likeness (QED) is 0.554. The Morgan fingerprint density at radius 2 is 1.81 bits per heavy atom. The van der Waals surface area contributed by atoms with Crippen LogP contribution in [0.2, 0.25) is 0 Å². The monoisotopic (exact) mass is 382 g/mol. The number of carbonyl (C=O) groups excluding carboxylic acids is 1. The first-order valence-corrected chi connectivity index (χ1v) is 9.21. The lowest BCUT2D eigenvalue weighted by Gasteiger charge is -1.98. The number of halogens is 1. The van der Waals surface area contributed by atoms with Crippen LogP contribution >= 0.6 is 22.9 Å². The van der Waals surface area contributed by atoms with Crippen molar-refractivity contribution < 1.29 is 9.18 Å². The van der Waals surface area contributed by atoms with Crippen LogP contribution < -0.4 is 5.32 Å². The Morgan fingerprint density at radius 3 is 2.62 bits per heavy atom. The molecule has 0 saturated carbocycles. The number of anilines is 1. The predicted molar refractivity (Wildman–Crippen MR) is 101 cm³/mol. The number of thiazole rings is 1. The first-order valence-electron chi connectivity index (χ1n) is 7.62. The topological polar surface area (TPSA) is 67.8 Å². The third kappa shape index (κ3) is 3.37. The lowest BCUT2D eigenvalue weighted by Crippen LogP contribution is -2.09. The largest absolute Gasteiger partial charge is 0.296 e. The summed E-state index contributed by atoms with van der Waals surface area (Å²) in [7, 11) is 0. The Labute approximate surface area is 156 Å². The molecule has 0 radical (unpaired) electrons. The van der Waals surface area contributed by atoms with Crippen molar-refractivity contribution in [2.24, 2.45) is 0 Å². The fourth-order valence-corrected chi connectivity index (χ4v) is 3.70. The second kappa shape index (κ2) is 7.11. The summed E-state index contributed by atoms with van der Waals surface area (Å²) in [5, 5.41) is 3.56. The van der Waals surface area contributed by atoms with Crippen molar-refractivity contribution in [3.8, 4) is 22.0 Å². The van der Waals surface area contributed by atoms with Crippen molar-refractivity contribution in [3.05, 3.63) is 71.5 Å². The number of aromatic nitrogens is 3. The van der Waals surface area contributed by atoms with Crippen LogP contribution in [0.3, 0.4) is 0 Å². The van der Waals surface area contributed by atoms with Gasteiger partial charge in [-0.15, -0.1) is 11.3 Å². The van der Waals surface area contributed by atoms with Gasteiger partial charge in [0.15, 0.2) is 5.82 Å². The molecule has 0 fully saturated rings. The van der Waals surface area contributed by atoms with Gasteiger partial charge in [-0.2, -0.15) is 9.36 Å². The van der Waals surface area contributed by atoms with Gasteiger partial charge in [0, 0.05) is 22.7 Å². The van der Waals surface area contributed by atoms with Gasteiger partial charge in [-0.25, -0.2) is 9.37 Å². The van der Waals surface area contributed by atoms with Gasteiger partial charge in [-0.3, -0.25) is 10.1 Å². The van der Waals surface area contributed by atoms with E-state index in [4.69, 9.17) is 0 Å². The molecule has 0 saturated heterocycles. The van der Waals surface area contributed by atoms with Crippen LogP contribution in [0.25, 0.3) is 22.0 Å². The molecule has 4 aromatic rings. The summed E-state index contributed by atoms with van der Waals surface area (Å²) in [5.41, 5.74) is 1.25. The Morgan fingerprint density at radius 1 is 1.04 bits per heavy atom. The predicted octanol–water partition coefficient (Wildman–Crippen LogP) is 4.72.